The van der Waals surface area contributed by atoms with Crippen LogP contribution in [-0.2, 0) is 9.53 Å². The van der Waals surface area contributed by atoms with Gasteiger partial charge in [0.15, 0.2) is 0 Å². The van der Waals surface area contributed by atoms with Gasteiger partial charge in [0.1, 0.15) is 6.61 Å². The van der Waals surface area contributed by atoms with Crippen LogP contribution in [0.1, 0.15) is 6.92 Å². The van der Waals surface area contributed by atoms with Crippen LogP contribution < -0.4 is 5.32 Å². The van der Waals surface area contributed by atoms with Crippen molar-refractivity contribution in [3.05, 3.63) is 0 Å². The van der Waals surface area contributed by atoms with Gasteiger partial charge in [-0.05, 0) is 0 Å². The molecule has 72 valence electrons. The molecule has 12 heavy (non-hydrogen) atoms. The van der Waals surface area contributed by atoms with Gasteiger partial charge in [-0.1, -0.05) is 0 Å². The Balaban J connectivity index is 3.17. The molecule has 0 saturated heterocycles. The zero-order valence-corrected chi connectivity index (χ0v) is 6.57. The number of ether oxygens (including phenoxy) is 1. The van der Waals surface area contributed by atoms with E-state index in [1.54, 1.807) is 0 Å². The topological polar surface area (TPSA) is 38.3 Å². The van der Waals surface area contributed by atoms with Crippen LogP contribution in [-0.4, -0.2) is 31.8 Å². The second-order valence-electron chi connectivity index (χ2n) is 2.15. The minimum absolute atomic E-state index is 0.103. The highest BCUT2D eigenvalue weighted by Crippen LogP contribution is 2.13. The molecule has 0 heterocycles. The molecule has 0 aromatic rings. The average molecular weight is 185 g/mol. The first-order chi connectivity index (χ1) is 5.42. The molecule has 0 radical (unpaired) electrons. The minimum Gasteiger partial charge on any atom is -0.370 e. The fourth-order valence-electron chi connectivity index (χ4n) is 0.487. The zero-order valence-electron chi connectivity index (χ0n) is 6.57. The molecule has 1 amide bonds. The second kappa shape index (κ2) is 4.97. The number of nitrogens with one attached hydrogen (secondary N) is 1. The maximum absolute atomic E-state index is 11.4. The van der Waals surface area contributed by atoms with Crippen molar-refractivity contribution >= 4 is 5.91 Å². The van der Waals surface area contributed by atoms with Crippen molar-refractivity contribution in [3.8, 4) is 0 Å². The van der Waals surface area contributed by atoms with Crippen LogP contribution in [0.5, 0.6) is 0 Å². The smallest absolute Gasteiger partial charge is 0.370 e. The van der Waals surface area contributed by atoms with E-state index in [2.05, 4.69) is 10.1 Å². The maximum Gasteiger partial charge on any atom is 0.411 e. The third-order valence-corrected chi connectivity index (χ3v) is 0.886. The molecule has 0 fully saturated rings. The van der Waals surface area contributed by atoms with Gasteiger partial charge < -0.3 is 10.1 Å². The molecule has 0 unspecified atom stereocenters. The number of rotatable bonds is 4. The maximum atomic E-state index is 11.4. The number of carbonyl (C=O) groups is 1. The molecular weight excluding hydrogens is 175 g/mol. The predicted octanol–water partition coefficient (Wildman–Crippen LogP) is 0.701. The van der Waals surface area contributed by atoms with Crippen molar-refractivity contribution in [1.29, 1.82) is 0 Å². The number of alkyl halides is 3. The summed E-state index contributed by atoms with van der Waals surface area (Å²) >= 11 is 0. The lowest BCUT2D eigenvalue weighted by atomic mass is 10.6. The highest BCUT2D eigenvalue weighted by Gasteiger charge is 2.27. The Hall–Kier alpha value is -0.780. The summed E-state index contributed by atoms with van der Waals surface area (Å²) in [7, 11) is 0. The van der Waals surface area contributed by atoms with E-state index in [1.165, 1.54) is 6.92 Å². The highest BCUT2D eigenvalue weighted by molar-refractivity contribution is 5.72. The zero-order chi connectivity index (χ0) is 9.61. The van der Waals surface area contributed by atoms with E-state index in [0.29, 0.717) is 0 Å². The SMILES string of the molecule is CC(=O)NCCOCC(F)(F)F. The Bertz CT molecular complexity index is 146. The van der Waals surface area contributed by atoms with Gasteiger partial charge in [-0.2, -0.15) is 13.2 Å². The van der Waals surface area contributed by atoms with Gasteiger partial charge in [-0.3, -0.25) is 4.79 Å². The van der Waals surface area contributed by atoms with Crippen molar-refractivity contribution in [1.82, 2.24) is 5.32 Å². The Labute approximate surface area is 67.9 Å². The Morgan fingerprint density at radius 1 is 1.50 bits per heavy atom. The molecule has 0 aliphatic carbocycles. The molecule has 0 atom stereocenters. The summed E-state index contributed by atoms with van der Waals surface area (Å²) in [6, 6.07) is 0. The summed E-state index contributed by atoms with van der Waals surface area (Å²) in [5, 5.41) is 2.30. The van der Waals surface area contributed by atoms with Gasteiger partial charge in [-0.25, -0.2) is 0 Å². The normalized spacial score (nSPS) is 11.3. The van der Waals surface area contributed by atoms with Crippen LogP contribution in [0.25, 0.3) is 0 Å². The number of amides is 1. The molecule has 0 saturated carbocycles. The Morgan fingerprint density at radius 2 is 2.08 bits per heavy atom. The largest absolute Gasteiger partial charge is 0.411 e. The van der Waals surface area contributed by atoms with Crippen molar-refractivity contribution in [2.45, 2.75) is 13.1 Å². The third-order valence-electron chi connectivity index (χ3n) is 0.886. The van der Waals surface area contributed by atoms with Crippen molar-refractivity contribution in [2.24, 2.45) is 0 Å². The first kappa shape index (κ1) is 11.2. The summed E-state index contributed by atoms with van der Waals surface area (Å²) < 4.78 is 38.5. The third kappa shape index (κ3) is 9.22. The van der Waals surface area contributed by atoms with Crippen molar-refractivity contribution < 1.29 is 22.7 Å². The monoisotopic (exact) mass is 185 g/mol. The molecular formula is C6H10F3NO2. The molecule has 6 heteroatoms. The summed E-state index contributed by atoms with van der Waals surface area (Å²) in [4.78, 5) is 10.2. The predicted molar refractivity (Wildman–Crippen MR) is 35.6 cm³/mol. The summed E-state index contributed by atoms with van der Waals surface area (Å²) in [5.74, 6) is -0.286. The van der Waals surface area contributed by atoms with Gasteiger partial charge in [0, 0.05) is 13.5 Å². The summed E-state index contributed by atoms with van der Waals surface area (Å²) in [5.41, 5.74) is 0. The summed E-state index contributed by atoms with van der Waals surface area (Å²) in [6.07, 6.45) is -4.30. The molecule has 0 bridgehead atoms. The van der Waals surface area contributed by atoms with E-state index < -0.39 is 12.8 Å². The second-order valence-corrected chi connectivity index (χ2v) is 2.15. The molecule has 1 N–H and O–H groups in total. The lowest BCUT2D eigenvalue weighted by Gasteiger charge is -2.07. The lowest BCUT2D eigenvalue weighted by molar-refractivity contribution is -0.173. The van der Waals surface area contributed by atoms with Crippen molar-refractivity contribution in [2.75, 3.05) is 19.8 Å². The van der Waals surface area contributed by atoms with E-state index in [9.17, 15) is 18.0 Å². The molecule has 0 aromatic carbocycles. The molecule has 0 aromatic heterocycles. The van der Waals surface area contributed by atoms with Crippen LogP contribution in [0.3, 0.4) is 0 Å². The Morgan fingerprint density at radius 3 is 2.50 bits per heavy atom. The fraction of sp³-hybridized carbons (Fsp3) is 0.833. The van der Waals surface area contributed by atoms with Crippen LogP contribution in [0.2, 0.25) is 0 Å². The standard InChI is InChI=1S/C6H10F3NO2/c1-5(11)10-2-3-12-4-6(7,8)9/h2-4H2,1H3,(H,10,11). The number of halogens is 3. The highest BCUT2D eigenvalue weighted by atomic mass is 19.4. The molecule has 0 aliphatic rings. The first-order valence-corrected chi connectivity index (χ1v) is 3.31. The lowest BCUT2D eigenvalue weighted by Crippen LogP contribution is -2.26. The van der Waals surface area contributed by atoms with Crippen LogP contribution in [0.15, 0.2) is 0 Å². The fourth-order valence-corrected chi connectivity index (χ4v) is 0.487. The van der Waals surface area contributed by atoms with E-state index >= 15 is 0 Å². The number of hydrogen-bond acceptors (Lipinski definition) is 2. The minimum atomic E-state index is -4.30. The first-order valence-electron chi connectivity index (χ1n) is 3.31. The van der Waals surface area contributed by atoms with Crippen LogP contribution in [0.4, 0.5) is 13.2 Å². The average Bonchev–Trinajstić information content (AvgIpc) is 1.83. The van der Waals surface area contributed by atoms with E-state index in [4.69, 9.17) is 0 Å². The van der Waals surface area contributed by atoms with Crippen LogP contribution >= 0.6 is 0 Å². The van der Waals surface area contributed by atoms with E-state index in [-0.39, 0.29) is 19.1 Å². The molecule has 0 aliphatic heterocycles. The number of carbonyl (C=O) groups excluding carboxylic acids is 1. The van der Waals surface area contributed by atoms with Crippen LogP contribution in [0, 0.1) is 0 Å². The van der Waals surface area contributed by atoms with E-state index in [1.807, 2.05) is 0 Å². The quantitative estimate of drug-likeness (QED) is 0.655. The molecule has 0 spiro atoms. The molecule has 0 rings (SSSR count). The van der Waals surface area contributed by atoms with Gasteiger partial charge in [-0.15, -0.1) is 0 Å². The van der Waals surface area contributed by atoms with E-state index in [0.717, 1.165) is 0 Å². The van der Waals surface area contributed by atoms with Gasteiger partial charge >= 0.3 is 6.18 Å². The van der Waals surface area contributed by atoms with Gasteiger partial charge in [0.2, 0.25) is 5.91 Å². The number of hydrogen-bond donors (Lipinski definition) is 1. The summed E-state index contributed by atoms with van der Waals surface area (Å²) in [6.45, 7) is -0.0130. The Kier molecular flexibility index (Phi) is 4.65. The molecule has 3 nitrogen and oxygen atoms in total. The van der Waals surface area contributed by atoms with Crippen molar-refractivity contribution in [3.63, 3.8) is 0 Å². The van der Waals surface area contributed by atoms with Gasteiger partial charge in [0.25, 0.3) is 0 Å². The van der Waals surface area contributed by atoms with Gasteiger partial charge in [0.05, 0.1) is 6.61 Å².